The predicted molar refractivity (Wildman–Crippen MR) is 63.9 cm³/mol. The summed E-state index contributed by atoms with van der Waals surface area (Å²) < 4.78 is 0. The van der Waals surface area contributed by atoms with Gasteiger partial charge in [0.25, 0.3) is 0 Å². The zero-order valence-corrected chi connectivity index (χ0v) is 9.41. The molecular formula is C14H15N. The first-order chi connectivity index (χ1) is 7.16. The van der Waals surface area contributed by atoms with Gasteiger partial charge in [-0.25, -0.2) is 0 Å². The van der Waals surface area contributed by atoms with Crippen LogP contribution < -0.4 is 0 Å². The molecule has 0 aliphatic carbocycles. The van der Waals surface area contributed by atoms with E-state index in [9.17, 15) is 0 Å². The zero-order valence-electron chi connectivity index (χ0n) is 9.41. The number of aryl methyl sites for hydroxylation is 3. The van der Waals surface area contributed by atoms with Crippen LogP contribution in [-0.4, -0.2) is 4.98 Å². The molecule has 2 rings (SSSR count). The van der Waals surface area contributed by atoms with Crippen molar-refractivity contribution in [2.24, 2.45) is 0 Å². The maximum absolute atomic E-state index is 4.47. The van der Waals surface area contributed by atoms with Crippen LogP contribution in [0.5, 0.6) is 0 Å². The summed E-state index contributed by atoms with van der Waals surface area (Å²) >= 11 is 0. The first-order valence-electron chi connectivity index (χ1n) is 5.18. The van der Waals surface area contributed by atoms with E-state index in [0.29, 0.717) is 0 Å². The van der Waals surface area contributed by atoms with Gasteiger partial charge >= 0.3 is 0 Å². The van der Waals surface area contributed by atoms with Crippen molar-refractivity contribution in [2.45, 2.75) is 20.8 Å². The van der Waals surface area contributed by atoms with E-state index in [0.717, 1.165) is 11.4 Å². The van der Waals surface area contributed by atoms with Gasteiger partial charge in [-0.2, -0.15) is 0 Å². The van der Waals surface area contributed by atoms with Gasteiger partial charge in [0.15, 0.2) is 0 Å². The highest BCUT2D eigenvalue weighted by molar-refractivity contribution is 5.65. The monoisotopic (exact) mass is 197 g/mol. The maximum Gasteiger partial charge on any atom is 0.0454 e. The van der Waals surface area contributed by atoms with Gasteiger partial charge in [0.1, 0.15) is 0 Å². The molecular weight excluding hydrogens is 182 g/mol. The molecule has 0 spiro atoms. The summed E-state index contributed by atoms with van der Waals surface area (Å²) in [5, 5.41) is 0. The summed E-state index contributed by atoms with van der Waals surface area (Å²) in [7, 11) is 0. The molecule has 0 fully saturated rings. The maximum atomic E-state index is 4.47. The quantitative estimate of drug-likeness (QED) is 0.679. The van der Waals surface area contributed by atoms with Crippen LogP contribution in [0.15, 0.2) is 36.4 Å². The van der Waals surface area contributed by atoms with Crippen molar-refractivity contribution in [1.29, 1.82) is 0 Å². The minimum absolute atomic E-state index is 1.07. The van der Waals surface area contributed by atoms with Crippen molar-refractivity contribution in [3.8, 4) is 11.1 Å². The minimum Gasteiger partial charge on any atom is -0.258 e. The van der Waals surface area contributed by atoms with E-state index >= 15 is 0 Å². The molecule has 2 aromatic rings. The smallest absolute Gasteiger partial charge is 0.0454 e. The molecule has 0 aliphatic rings. The van der Waals surface area contributed by atoms with Gasteiger partial charge in [0.05, 0.1) is 0 Å². The third kappa shape index (κ3) is 2.07. The third-order valence-electron chi connectivity index (χ3n) is 2.59. The fourth-order valence-electron chi connectivity index (χ4n) is 1.72. The lowest BCUT2D eigenvalue weighted by atomic mass is 10.0. The number of hydrogen-bond acceptors (Lipinski definition) is 1. The highest BCUT2D eigenvalue weighted by atomic mass is 14.7. The fraction of sp³-hybridized carbons (Fsp3) is 0.214. The van der Waals surface area contributed by atoms with Crippen molar-refractivity contribution in [3.63, 3.8) is 0 Å². The Balaban J connectivity index is 2.49. The Morgan fingerprint density at radius 1 is 0.800 bits per heavy atom. The number of rotatable bonds is 1. The summed E-state index contributed by atoms with van der Waals surface area (Å²) in [6.45, 7) is 6.18. The third-order valence-corrected chi connectivity index (χ3v) is 2.59. The predicted octanol–water partition coefficient (Wildman–Crippen LogP) is 3.67. The molecule has 0 atom stereocenters. The average Bonchev–Trinajstić information content (AvgIpc) is 2.20. The Morgan fingerprint density at radius 3 is 2.07 bits per heavy atom. The van der Waals surface area contributed by atoms with Gasteiger partial charge in [-0.1, -0.05) is 35.9 Å². The van der Waals surface area contributed by atoms with E-state index in [1.807, 2.05) is 6.92 Å². The van der Waals surface area contributed by atoms with Crippen molar-refractivity contribution in [1.82, 2.24) is 4.98 Å². The van der Waals surface area contributed by atoms with Gasteiger partial charge in [0.2, 0.25) is 0 Å². The molecule has 0 saturated carbocycles. The molecule has 1 heterocycles. The molecule has 0 unspecified atom stereocenters. The minimum atomic E-state index is 1.07. The second-order valence-corrected chi connectivity index (χ2v) is 3.95. The summed E-state index contributed by atoms with van der Waals surface area (Å²) in [5.41, 5.74) is 5.92. The Bertz CT molecular complexity index is 469. The lowest BCUT2D eigenvalue weighted by Gasteiger charge is -2.06. The van der Waals surface area contributed by atoms with Crippen LogP contribution in [0.4, 0.5) is 0 Å². The fourth-order valence-corrected chi connectivity index (χ4v) is 1.72. The van der Waals surface area contributed by atoms with Gasteiger partial charge in [-0.3, -0.25) is 4.98 Å². The second kappa shape index (κ2) is 3.85. The first kappa shape index (κ1) is 9.91. The van der Waals surface area contributed by atoms with E-state index in [-0.39, 0.29) is 0 Å². The lowest BCUT2D eigenvalue weighted by Crippen LogP contribution is -1.89. The van der Waals surface area contributed by atoms with Gasteiger partial charge in [0, 0.05) is 17.0 Å². The van der Waals surface area contributed by atoms with Gasteiger partial charge in [-0.05, 0) is 32.4 Å². The first-order valence-corrected chi connectivity index (χ1v) is 5.18. The number of benzene rings is 1. The molecule has 1 nitrogen and oxygen atoms in total. The summed E-state index contributed by atoms with van der Waals surface area (Å²) in [4.78, 5) is 4.47. The molecule has 0 N–H and O–H groups in total. The summed E-state index contributed by atoms with van der Waals surface area (Å²) in [5.74, 6) is 0. The van der Waals surface area contributed by atoms with Crippen molar-refractivity contribution < 1.29 is 0 Å². The highest BCUT2D eigenvalue weighted by Crippen LogP contribution is 2.22. The highest BCUT2D eigenvalue weighted by Gasteiger charge is 2.02. The molecule has 0 saturated heterocycles. The van der Waals surface area contributed by atoms with Crippen LogP contribution in [0.3, 0.4) is 0 Å². The molecule has 0 bridgehead atoms. The zero-order chi connectivity index (χ0) is 10.8. The standard InChI is InChI=1S/C14H15N/c1-10-4-7-13(8-5-10)14-9-6-11(2)15-12(14)3/h4-9H,1-3H3. The Hall–Kier alpha value is -1.63. The molecule has 1 aromatic carbocycles. The van der Waals surface area contributed by atoms with Gasteiger partial charge in [-0.15, -0.1) is 0 Å². The van der Waals surface area contributed by atoms with E-state index in [1.54, 1.807) is 0 Å². The normalized spacial score (nSPS) is 10.3. The van der Waals surface area contributed by atoms with Gasteiger partial charge < -0.3 is 0 Å². The molecule has 0 amide bonds. The lowest BCUT2D eigenvalue weighted by molar-refractivity contribution is 1.13. The van der Waals surface area contributed by atoms with Crippen LogP contribution in [0.2, 0.25) is 0 Å². The molecule has 15 heavy (non-hydrogen) atoms. The van der Waals surface area contributed by atoms with Crippen LogP contribution in [0.25, 0.3) is 11.1 Å². The summed E-state index contributed by atoms with van der Waals surface area (Å²) in [6.07, 6.45) is 0. The van der Waals surface area contributed by atoms with Crippen LogP contribution >= 0.6 is 0 Å². The molecule has 1 aromatic heterocycles. The SMILES string of the molecule is Cc1ccc(-c2ccc(C)nc2C)cc1. The van der Waals surface area contributed by atoms with E-state index in [4.69, 9.17) is 0 Å². The molecule has 1 heteroatoms. The van der Waals surface area contributed by atoms with Crippen LogP contribution in [-0.2, 0) is 0 Å². The average molecular weight is 197 g/mol. The number of nitrogens with zero attached hydrogens (tertiary/aromatic N) is 1. The van der Waals surface area contributed by atoms with E-state index < -0.39 is 0 Å². The Kier molecular flexibility index (Phi) is 2.55. The van der Waals surface area contributed by atoms with Crippen molar-refractivity contribution >= 4 is 0 Å². The molecule has 0 radical (unpaired) electrons. The van der Waals surface area contributed by atoms with Crippen LogP contribution in [0.1, 0.15) is 17.0 Å². The topological polar surface area (TPSA) is 12.9 Å². The van der Waals surface area contributed by atoms with E-state index in [2.05, 4.69) is 55.2 Å². The number of pyridine rings is 1. The molecule has 0 aliphatic heterocycles. The van der Waals surface area contributed by atoms with Crippen LogP contribution in [0, 0.1) is 20.8 Å². The van der Waals surface area contributed by atoms with Crippen molar-refractivity contribution in [2.75, 3.05) is 0 Å². The van der Waals surface area contributed by atoms with E-state index in [1.165, 1.54) is 16.7 Å². The number of hydrogen-bond donors (Lipinski definition) is 0. The second-order valence-electron chi connectivity index (χ2n) is 3.95. The largest absolute Gasteiger partial charge is 0.258 e. The summed E-state index contributed by atoms with van der Waals surface area (Å²) in [6, 6.07) is 12.8. The Labute approximate surface area is 90.8 Å². The molecule has 76 valence electrons. The number of aromatic nitrogens is 1. The van der Waals surface area contributed by atoms with Crippen molar-refractivity contribution in [3.05, 3.63) is 53.3 Å². The Morgan fingerprint density at radius 2 is 1.47 bits per heavy atom.